The van der Waals surface area contributed by atoms with Crippen LogP contribution < -0.4 is 15.2 Å². The highest BCUT2D eigenvalue weighted by Crippen LogP contribution is 2.60. The molecule has 0 saturated heterocycles. The Bertz CT molecular complexity index is 418. The number of methoxy groups -OCH3 is 1. The average molecular weight is 219 g/mol. The van der Waals surface area contributed by atoms with Crippen molar-refractivity contribution in [3.05, 3.63) is 23.8 Å². The van der Waals surface area contributed by atoms with Crippen LogP contribution in [0.5, 0.6) is 11.5 Å². The second kappa shape index (κ2) is 3.39. The van der Waals surface area contributed by atoms with Crippen LogP contribution in [0.15, 0.2) is 18.2 Å². The molecule has 1 saturated carbocycles. The number of nitrogens with two attached hydrogens (primary N) is 1. The van der Waals surface area contributed by atoms with Crippen LogP contribution in [0.3, 0.4) is 0 Å². The van der Waals surface area contributed by atoms with Crippen LogP contribution in [-0.2, 0) is 5.41 Å². The Balaban J connectivity index is 2.04. The molecule has 3 rings (SSSR count). The van der Waals surface area contributed by atoms with Crippen LogP contribution in [0.1, 0.15) is 18.4 Å². The lowest BCUT2D eigenvalue weighted by atomic mass is 9.87. The molecular formula is C13H17NO2. The second-order valence-corrected chi connectivity index (χ2v) is 4.75. The molecule has 1 spiro atoms. The van der Waals surface area contributed by atoms with E-state index in [1.807, 2.05) is 12.1 Å². The van der Waals surface area contributed by atoms with Gasteiger partial charge in [0.05, 0.1) is 13.7 Å². The Kier molecular flexibility index (Phi) is 2.11. The fraction of sp³-hybridized carbons (Fsp3) is 0.538. The van der Waals surface area contributed by atoms with Crippen molar-refractivity contribution in [2.45, 2.75) is 18.3 Å². The normalized spacial score (nSPS) is 30.8. The molecular weight excluding hydrogens is 202 g/mol. The van der Waals surface area contributed by atoms with Crippen molar-refractivity contribution in [2.24, 2.45) is 11.7 Å². The third-order valence-electron chi connectivity index (χ3n) is 4.05. The highest BCUT2D eigenvalue weighted by atomic mass is 16.5. The molecule has 1 aliphatic carbocycles. The summed E-state index contributed by atoms with van der Waals surface area (Å²) >= 11 is 0. The summed E-state index contributed by atoms with van der Waals surface area (Å²) in [7, 11) is 1.70. The molecule has 2 atom stereocenters. The van der Waals surface area contributed by atoms with E-state index in [2.05, 4.69) is 6.07 Å². The van der Waals surface area contributed by atoms with Crippen molar-refractivity contribution in [3.63, 3.8) is 0 Å². The molecule has 86 valence electrons. The third-order valence-corrected chi connectivity index (χ3v) is 4.05. The molecule has 1 aromatic carbocycles. The summed E-state index contributed by atoms with van der Waals surface area (Å²) in [5.74, 6) is 2.55. The van der Waals surface area contributed by atoms with Gasteiger partial charge in [0.25, 0.3) is 0 Å². The highest BCUT2D eigenvalue weighted by Gasteiger charge is 2.56. The lowest BCUT2D eigenvalue weighted by Gasteiger charge is -2.27. The zero-order valence-corrected chi connectivity index (χ0v) is 9.53. The Hall–Kier alpha value is -1.22. The van der Waals surface area contributed by atoms with Crippen LogP contribution in [-0.4, -0.2) is 20.3 Å². The molecule has 0 aromatic heterocycles. The van der Waals surface area contributed by atoms with Crippen molar-refractivity contribution in [3.8, 4) is 11.5 Å². The quantitative estimate of drug-likeness (QED) is 0.823. The van der Waals surface area contributed by atoms with Crippen LogP contribution >= 0.6 is 0 Å². The summed E-state index contributed by atoms with van der Waals surface area (Å²) in [6, 6.07) is 6.09. The molecule has 16 heavy (non-hydrogen) atoms. The molecule has 0 amide bonds. The molecule has 1 aromatic rings. The number of rotatable bonds is 2. The van der Waals surface area contributed by atoms with E-state index in [0.717, 1.165) is 31.1 Å². The van der Waals surface area contributed by atoms with Crippen LogP contribution in [0.2, 0.25) is 0 Å². The molecule has 1 fully saturated rings. The minimum atomic E-state index is 0.289. The fourth-order valence-corrected chi connectivity index (χ4v) is 2.95. The van der Waals surface area contributed by atoms with Gasteiger partial charge in [-0.05, 0) is 43.5 Å². The molecule has 2 aliphatic rings. The first kappa shape index (κ1) is 9.97. The van der Waals surface area contributed by atoms with Gasteiger partial charge in [-0.25, -0.2) is 0 Å². The lowest BCUT2D eigenvalue weighted by Crippen LogP contribution is -2.24. The first-order valence-electron chi connectivity index (χ1n) is 5.81. The van der Waals surface area contributed by atoms with Crippen molar-refractivity contribution >= 4 is 0 Å². The number of ether oxygens (including phenoxy) is 2. The zero-order valence-electron chi connectivity index (χ0n) is 9.53. The summed E-state index contributed by atoms with van der Waals surface area (Å²) in [6.45, 7) is 1.59. The van der Waals surface area contributed by atoms with Crippen LogP contribution in [0, 0.1) is 5.92 Å². The van der Waals surface area contributed by atoms with Gasteiger partial charge in [-0.15, -0.1) is 0 Å². The van der Waals surface area contributed by atoms with E-state index < -0.39 is 0 Å². The molecule has 0 bridgehead atoms. The fourth-order valence-electron chi connectivity index (χ4n) is 2.95. The molecule has 1 aliphatic heterocycles. The van der Waals surface area contributed by atoms with Gasteiger partial charge >= 0.3 is 0 Å². The smallest absolute Gasteiger partial charge is 0.123 e. The predicted octanol–water partition coefficient (Wildman–Crippen LogP) is 1.69. The van der Waals surface area contributed by atoms with Crippen molar-refractivity contribution in [1.29, 1.82) is 0 Å². The lowest BCUT2D eigenvalue weighted by molar-refractivity contribution is 0.253. The van der Waals surface area contributed by atoms with Gasteiger partial charge in [0.2, 0.25) is 0 Å². The van der Waals surface area contributed by atoms with Crippen molar-refractivity contribution in [2.75, 3.05) is 20.3 Å². The Morgan fingerprint density at radius 3 is 3.12 bits per heavy atom. The van der Waals surface area contributed by atoms with Crippen LogP contribution in [0.25, 0.3) is 0 Å². The SMILES string of the molecule is COc1ccc2c(c1)C1(CCO2)CC1CN. The van der Waals surface area contributed by atoms with E-state index in [0.29, 0.717) is 5.92 Å². The molecule has 0 radical (unpaired) electrons. The summed E-state index contributed by atoms with van der Waals surface area (Å²) in [5.41, 5.74) is 7.38. The van der Waals surface area contributed by atoms with E-state index in [1.54, 1.807) is 7.11 Å². The number of hydrogen-bond donors (Lipinski definition) is 1. The number of fused-ring (bicyclic) bond motifs is 2. The Morgan fingerprint density at radius 2 is 2.44 bits per heavy atom. The average Bonchev–Trinajstić information content (AvgIpc) is 3.04. The summed E-state index contributed by atoms with van der Waals surface area (Å²) < 4.78 is 11.0. The maximum Gasteiger partial charge on any atom is 0.123 e. The number of benzene rings is 1. The minimum Gasteiger partial charge on any atom is -0.497 e. The van der Waals surface area contributed by atoms with E-state index >= 15 is 0 Å². The maximum atomic E-state index is 5.79. The zero-order chi connectivity index (χ0) is 11.2. The minimum absolute atomic E-state index is 0.289. The van der Waals surface area contributed by atoms with Gasteiger partial charge in [0.1, 0.15) is 11.5 Å². The number of hydrogen-bond acceptors (Lipinski definition) is 3. The monoisotopic (exact) mass is 219 g/mol. The van der Waals surface area contributed by atoms with Gasteiger partial charge in [-0.3, -0.25) is 0 Å². The first-order chi connectivity index (χ1) is 7.80. The Morgan fingerprint density at radius 1 is 1.56 bits per heavy atom. The standard InChI is InChI=1S/C13H17NO2/c1-15-10-2-3-12-11(6-10)13(4-5-16-12)7-9(13)8-14/h2-3,6,9H,4-5,7-8,14H2,1H3. The molecule has 1 heterocycles. The van der Waals surface area contributed by atoms with E-state index in [9.17, 15) is 0 Å². The van der Waals surface area contributed by atoms with Crippen LogP contribution in [0.4, 0.5) is 0 Å². The molecule has 2 N–H and O–H groups in total. The predicted molar refractivity (Wildman–Crippen MR) is 61.9 cm³/mol. The molecule has 3 nitrogen and oxygen atoms in total. The van der Waals surface area contributed by atoms with Gasteiger partial charge in [0, 0.05) is 11.0 Å². The van der Waals surface area contributed by atoms with Gasteiger partial charge in [0.15, 0.2) is 0 Å². The molecule has 2 unspecified atom stereocenters. The summed E-state index contributed by atoms with van der Waals surface area (Å²) in [6.07, 6.45) is 2.29. The summed E-state index contributed by atoms with van der Waals surface area (Å²) in [4.78, 5) is 0. The van der Waals surface area contributed by atoms with E-state index in [-0.39, 0.29) is 5.41 Å². The van der Waals surface area contributed by atoms with E-state index in [4.69, 9.17) is 15.2 Å². The second-order valence-electron chi connectivity index (χ2n) is 4.75. The third kappa shape index (κ3) is 1.24. The first-order valence-corrected chi connectivity index (χ1v) is 5.81. The van der Waals surface area contributed by atoms with Crippen molar-refractivity contribution < 1.29 is 9.47 Å². The maximum absolute atomic E-state index is 5.79. The van der Waals surface area contributed by atoms with Crippen molar-refractivity contribution in [1.82, 2.24) is 0 Å². The largest absolute Gasteiger partial charge is 0.497 e. The Labute approximate surface area is 95.5 Å². The van der Waals surface area contributed by atoms with Gasteiger partial charge in [-0.2, -0.15) is 0 Å². The van der Waals surface area contributed by atoms with Gasteiger partial charge in [-0.1, -0.05) is 0 Å². The topological polar surface area (TPSA) is 44.5 Å². The van der Waals surface area contributed by atoms with Gasteiger partial charge < -0.3 is 15.2 Å². The summed E-state index contributed by atoms with van der Waals surface area (Å²) in [5, 5.41) is 0. The van der Waals surface area contributed by atoms with E-state index in [1.165, 1.54) is 12.0 Å². The highest BCUT2D eigenvalue weighted by molar-refractivity contribution is 5.50. The molecule has 3 heteroatoms.